The number of hydrogen-bond acceptors (Lipinski definition) is 3. The number of likely N-dealkylation sites (N-methyl/N-ethyl adjacent to an activating group) is 1. The minimum absolute atomic E-state index is 0.00717. The summed E-state index contributed by atoms with van der Waals surface area (Å²) in [6.07, 6.45) is 6.94. The number of thiophene rings is 1. The van der Waals surface area contributed by atoms with Crippen LogP contribution in [0.25, 0.3) is 6.08 Å². The van der Waals surface area contributed by atoms with Crippen LogP contribution in [0, 0.1) is 0 Å². The molecule has 0 saturated carbocycles. The van der Waals surface area contributed by atoms with Crippen molar-refractivity contribution in [1.29, 1.82) is 0 Å². The quantitative estimate of drug-likeness (QED) is 0.791. The standard InChI is InChI=1S/C13H15N3OS/c1-15(10-12-4-3-7-18-12)13(17)6-5-11-8-14-16(2)9-11/h3-9H,10H2,1-2H3. The van der Waals surface area contributed by atoms with Crippen LogP contribution in [0.4, 0.5) is 0 Å². The molecule has 2 heterocycles. The Hall–Kier alpha value is -1.88. The summed E-state index contributed by atoms with van der Waals surface area (Å²) in [4.78, 5) is 14.7. The van der Waals surface area contributed by atoms with Crippen LogP contribution < -0.4 is 0 Å². The molecule has 1 amide bonds. The lowest BCUT2D eigenvalue weighted by molar-refractivity contribution is -0.125. The lowest BCUT2D eigenvalue weighted by Gasteiger charge is -2.13. The Kier molecular flexibility index (Phi) is 3.94. The minimum atomic E-state index is -0.00717. The summed E-state index contributed by atoms with van der Waals surface area (Å²) in [5, 5.41) is 6.06. The molecule has 0 atom stereocenters. The second-order valence-electron chi connectivity index (χ2n) is 4.05. The van der Waals surface area contributed by atoms with Gasteiger partial charge in [-0.05, 0) is 17.5 Å². The van der Waals surface area contributed by atoms with Crippen LogP contribution in [0.1, 0.15) is 10.4 Å². The van der Waals surface area contributed by atoms with Gasteiger partial charge in [0.2, 0.25) is 5.91 Å². The summed E-state index contributed by atoms with van der Waals surface area (Å²) in [6.45, 7) is 0.647. The van der Waals surface area contributed by atoms with Gasteiger partial charge in [0.05, 0.1) is 12.7 Å². The third-order valence-electron chi connectivity index (χ3n) is 2.49. The molecule has 2 aromatic heterocycles. The van der Waals surface area contributed by atoms with Gasteiger partial charge in [-0.1, -0.05) is 6.07 Å². The number of hydrogen-bond donors (Lipinski definition) is 0. The van der Waals surface area contributed by atoms with Crippen LogP contribution in [0.3, 0.4) is 0 Å². The molecule has 0 aliphatic rings. The Bertz CT molecular complexity index is 542. The van der Waals surface area contributed by atoms with Gasteiger partial charge in [-0.15, -0.1) is 11.3 Å². The topological polar surface area (TPSA) is 38.1 Å². The lowest BCUT2D eigenvalue weighted by Crippen LogP contribution is -2.23. The first-order valence-electron chi connectivity index (χ1n) is 5.59. The van der Waals surface area contributed by atoms with Crippen LogP contribution >= 0.6 is 11.3 Å². The zero-order valence-corrected chi connectivity index (χ0v) is 11.2. The van der Waals surface area contributed by atoms with Gasteiger partial charge in [-0.2, -0.15) is 5.10 Å². The normalized spacial score (nSPS) is 11.0. The molecule has 0 fully saturated rings. The molecule has 0 radical (unpaired) electrons. The molecule has 0 bridgehead atoms. The third kappa shape index (κ3) is 3.30. The average Bonchev–Trinajstić information content (AvgIpc) is 2.97. The van der Waals surface area contributed by atoms with Gasteiger partial charge in [0.15, 0.2) is 0 Å². The maximum Gasteiger partial charge on any atom is 0.246 e. The van der Waals surface area contributed by atoms with E-state index in [2.05, 4.69) is 5.10 Å². The molecule has 0 spiro atoms. The van der Waals surface area contributed by atoms with Gasteiger partial charge in [0.25, 0.3) is 0 Å². The second kappa shape index (κ2) is 5.64. The van der Waals surface area contributed by atoms with Gasteiger partial charge < -0.3 is 4.90 Å². The first-order valence-corrected chi connectivity index (χ1v) is 6.47. The largest absolute Gasteiger partial charge is 0.337 e. The van der Waals surface area contributed by atoms with Crippen molar-refractivity contribution in [3.8, 4) is 0 Å². The second-order valence-corrected chi connectivity index (χ2v) is 5.09. The summed E-state index contributed by atoms with van der Waals surface area (Å²) in [5.41, 5.74) is 0.926. The van der Waals surface area contributed by atoms with Gasteiger partial charge >= 0.3 is 0 Å². The summed E-state index contributed by atoms with van der Waals surface area (Å²) < 4.78 is 1.71. The molecule has 0 aliphatic heterocycles. The zero-order valence-electron chi connectivity index (χ0n) is 10.4. The van der Waals surface area contributed by atoms with Crippen molar-refractivity contribution in [3.05, 3.63) is 46.4 Å². The van der Waals surface area contributed by atoms with Crippen molar-refractivity contribution in [2.75, 3.05) is 7.05 Å². The molecule has 5 heteroatoms. The lowest BCUT2D eigenvalue weighted by atomic mass is 10.3. The van der Waals surface area contributed by atoms with E-state index >= 15 is 0 Å². The number of amides is 1. The number of rotatable bonds is 4. The molecule has 0 unspecified atom stereocenters. The summed E-state index contributed by atoms with van der Waals surface area (Å²) in [5.74, 6) is -0.00717. The van der Waals surface area contributed by atoms with E-state index in [0.29, 0.717) is 6.54 Å². The Morgan fingerprint density at radius 3 is 3.06 bits per heavy atom. The number of carbonyl (C=O) groups excluding carboxylic acids is 1. The Labute approximate surface area is 110 Å². The zero-order chi connectivity index (χ0) is 13.0. The molecular formula is C13H15N3OS. The van der Waals surface area contributed by atoms with E-state index in [4.69, 9.17) is 0 Å². The Morgan fingerprint density at radius 1 is 1.61 bits per heavy atom. The number of carbonyl (C=O) groups is 1. The molecule has 0 saturated heterocycles. The van der Waals surface area contributed by atoms with Crippen molar-refractivity contribution >= 4 is 23.3 Å². The minimum Gasteiger partial charge on any atom is -0.337 e. The molecule has 0 N–H and O–H groups in total. The third-order valence-corrected chi connectivity index (χ3v) is 3.35. The van der Waals surface area contributed by atoms with Gasteiger partial charge in [-0.3, -0.25) is 9.48 Å². The molecule has 0 aromatic carbocycles. The molecule has 2 rings (SSSR count). The fourth-order valence-electron chi connectivity index (χ4n) is 1.54. The van der Waals surface area contributed by atoms with E-state index in [1.54, 1.807) is 46.3 Å². The highest BCUT2D eigenvalue weighted by atomic mass is 32.1. The smallest absolute Gasteiger partial charge is 0.246 e. The first kappa shape index (κ1) is 12.6. The fourth-order valence-corrected chi connectivity index (χ4v) is 2.29. The van der Waals surface area contributed by atoms with E-state index < -0.39 is 0 Å². The molecular weight excluding hydrogens is 246 g/mol. The van der Waals surface area contributed by atoms with E-state index in [-0.39, 0.29) is 5.91 Å². The predicted octanol–water partition coefficient (Wildman–Crippen LogP) is 2.15. The number of nitrogens with zero attached hydrogens (tertiary/aromatic N) is 3. The molecule has 18 heavy (non-hydrogen) atoms. The van der Waals surface area contributed by atoms with E-state index in [1.807, 2.05) is 30.8 Å². The Morgan fingerprint density at radius 2 is 2.44 bits per heavy atom. The van der Waals surface area contributed by atoms with E-state index in [9.17, 15) is 4.79 Å². The van der Waals surface area contributed by atoms with E-state index in [0.717, 1.165) is 5.56 Å². The van der Waals surface area contributed by atoms with Crippen molar-refractivity contribution < 1.29 is 4.79 Å². The molecule has 2 aromatic rings. The highest BCUT2D eigenvalue weighted by molar-refractivity contribution is 7.09. The SMILES string of the molecule is CN(Cc1cccs1)C(=O)C=Cc1cnn(C)c1. The van der Waals surface area contributed by atoms with Crippen LogP contribution in [0.15, 0.2) is 36.0 Å². The van der Waals surface area contributed by atoms with Gasteiger partial charge in [0, 0.05) is 36.8 Å². The van der Waals surface area contributed by atoms with Crippen LogP contribution in [0.2, 0.25) is 0 Å². The monoisotopic (exact) mass is 261 g/mol. The molecule has 4 nitrogen and oxygen atoms in total. The predicted molar refractivity (Wildman–Crippen MR) is 73.0 cm³/mol. The van der Waals surface area contributed by atoms with Crippen molar-refractivity contribution in [2.45, 2.75) is 6.54 Å². The summed E-state index contributed by atoms with van der Waals surface area (Å²) in [7, 11) is 3.65. The first-order chi connectivity index (χ1) is 8.65. The van der Waals surface area contributed by atoms with Crippen LogP contribution in [-0.2, 0) is 18.4 Å². The highest BCUT2D eigenvalue weighted by Gasteiger charge is 2.06. The number of aromatic nitrogens is 2. The van der Waals surface area contributed by atoms with Crippen molar-refractivity contribution in [3.63, 3.8) is 0 Å². The summed E-state index contributed by atoms with van der Waals surface area (Å²) in [6, 6.07) is 4.02. The number of aryl methyl sites for hydroxylation is 1. The fraction of sp³-hybridized carbons (Fsp3) is 0.231. The van der Waals surface area contributed by atoms with Crippen molar-refractivity contribution in [2.24, 2.45) is 7.05 Å². The van der Waals surface area contributed by atoms with Gasteiger partial charge in [0.1, 0.15) is 0 Å². The maximum absolute atomic E-state index is 11.9. The molecule has 94 valence electrons. The molecule has 0 aliphatic carbocycles. The highest BCUT2D eigenvalue weighted by Crippen LogP contribution is 2.11. The Balaban J connectivity index is 1.93. The van der Waals surface area contributed by atoms with Crippen molar-refractivity contribution in [1.82, 2.24) is 14.7 Å². The van der Waals surface area contributed by atoms with Crippen LogP contribution in [-0.4, -0.2) is 27.6 Å². The summed E-state index contributed by atoms with van der Waals surface area (Å²) >= 11 is 1.66. The average molecular weight is 261 g/mol. The van der Waals surface area contributed by atoms with Crippen LogP contribution in [0.5, 0.6) is 0 Å². The maximum atomic E-state index is 11.9. The van der Waals surface area contributed by atoms with Gasteiger partial charge in [-0.25, -0.2) is 0 Å². The van der Waals surface area contributed by atoms with E-state index in [1.165, 1.54) is 4.88 Å².